The quantitative estimate of drug-likeness (QED) is 0.621. The lowest BCUT2D eigenvalue weighted by Gasteiger charge is -2.10. The maximum absolute atomic E-state index is 13.0. The zero-order valence-corrected chi connectivity index (χ0v) is 15.9. The van der Waals surface area contributed by atoms with Gasteiger partial charge in [-0.2, -0.15) is 0 Å². The number of esters is 1. The third-order valence-electron chi connectivity index (χ3n) is 4.02. The highest BCUT2D eigenvalue weighted by molar-refractivity contribution is 6.03. The highest BCUT2D eigenvalue weighted by Crippen LogP contribution is 2.14. The monoisotopic (exact) mass is 394 g/mol. The number of benzene rings is 2. The Hall–Kier alpha value is -3.81. The second-order valence-electron chi connectivity index (χ2n) is 6.19. The summed E-state index contributed by atoms with van der Waals surface area (Å²) in [5.74, 6) is -0.254. The van der Waals surface area contributed by atoms with Crippen LogP contribution in [0, 0.1) is 12.7 Å². The van der Waals surface area contributed by atoms with Gasteiger partial charge in [-0.25, -0.2) is 19.2 Å². The number of ether oxygens (including phenoxy) is 1. The van der Waals surface area contributed by atoms with Crippen LogP contribution < -0.4 is 10.6 Å². The van der Waals surface area contributed by atoms with Gasteiger partial charge < -0.3 is 15.4 Å². The van der Waals surface area contributed by atoms with Crippen LogP contribution in [0.5, 0.6) is 0 Å². The summed E-state index contributed by atoms with van der Waals surface area (Å²) in [5, 5.41) is 5.83. The molecule has 8 heteroatoms. The lowest BCUT2D eigenvalue weighted by Crippen LogP contribution is -2.16. The SMILES string of the molecule is COC(=O)c1ccc(NC(=O)c2cc(NCc3ccc(F)cc3)nc(C)n2)cc1. The number of nitrogens with one attached hydrogen (secondary N) is 2. The minimum Gasteiger partial charge on any atom is -0.465 e. The Morgan fingerprint density at radius 1 is 1.03 bits per heavy atom. The summed E-state index contributed by atoms with van der Waals surface area (Å²) >= 11 is 0. The Labute approximate surface area is 167 Å². The second-order valence-corrected chi connectivity index (χ2v) is 6.19. The van der Waals surface area contributed by atoms with Crippen LogP contribution in [0.15, 0.2) is 54.6 Å². The third kappa shape index (κ3) is 5.35. The molecule has 1 heterocycles. The van der Waals surface area contributed by atoms with E-state index in [1.54, 1.807) is 43.3 Å². The number of rotatable bonds is 6. The summed E-state index contributed by atoms with van der Waals surface area (Å²) in [6.45, 7) is 2.11. The predicted octanol–water partition coefficient (Wildman–Crippen LogP) is 3.58. The lowest BCUT2D eigenvalue weighted by molar-refractivity contribution is 0.0600. The van der Waals surface area contributed by atoms with Crippen molar-refractivity contribution in [2.24, 2.45) is 0 Å². The molecule has 148 valence electrons. The Morgan fingerprint density at radius 3 is 2.38 bits per heavy atom. The van der Waals surface area contributed by atoms with Crippen LogP contribution in [0.2, 0.25) is 0 Å². The Bertz CT molecular complexity index is 1020. The van der Waals surface area contributed by atoms with E-state index in [0.717, 1.165) is 5.56 Å². The predicted molar refractivity (Wildman–Crippen MR) is 106 cm³/mol. The van der Waals surface area contributed by atoms with Gasteiger partial charge >= 0.3 is 5.97 Å². The summed E-state index contributed by atoms with van der Waals surface area (Å²) in [7, 11) is 1.30. The highest BCUT2D eigenvalue weighted by Gasteiger charge is 2.12. The minimum absolute atomic E-state index is 0.191. The van der Waals surface area contributed by atoms with Crippen LogP contribution in [0.25, 0.3) is 0 Å². The van der Waals surface area contributed by atoms with Crippen molar-refractivity contribution in [3.63, 3.8) is 0 Å². The first kappa shape index (κ1) is 19.9. The molecule has 0 aliphatic heterocycles. The topological polar surface area (TPSA) is 93.2 Å². The first-order valence-corrected chi connectivity index (χ1v) is 8.78. The van der Waals surface area contributed by atoms with Gasteiger partial charge in [0.1, 0.15) is 23.2 Å². The van der Waals surface area contributed by atoms with Crippen molar-refractivity contribution in [1.82, 2.24) is 9.97 Å². The number of halogens is 1. The summed E-state index contributed by atoms with van der Waals surface area (Å²) in [6, 6.07) is 14.0. The molecule has 0 saturated carbocycles. The molecule has 0 aliphatic rings. The van der Waals surface area contributed by atoms with Gasteiger partial charge in [-0.3, -0.25) is 4.79 Å². The maximum Gasteiger partial charge on any atom is 0.337 e. The van der Waals surface area contributed by atoms with Crippen molar-refractivity contribution in [2.45, 2.75) is 13.5 Å². The van der Waals surface area contributed by atoms with E-state index < -0.39 is 11.9 Å². The Morgan fingerprint density at radius 2 is 1.72 bits per heavy atom. The third-order valence-corrected chi connectivity index (χ3v) is 4.02. The molecule has 0 saturated heterocycles. The molecule has 29 heavy (non-hydrogen) atoms. The lowest BCUT2D eigenvalue weighted by atomic mass is 10.2. The molecular formula is C21H19FN4O3. The van der Waals surface area contributed by atoms with Crippen molar-refractivity contribution < 1.29 is 18.7 Å². The maximum atomic E-state index is 13.0. The molecule has 2 N–H and O–H groups in total. The zero-order valence-electron chi connectivity index (χ0n) is 15.9. The minimum atomic E-state index is -0.453. The summed E-state index contributed by atoms with van der Waals surface area (Å²) in [6.07, 6.45) is 0. The molecule has 1 aromatic heterocycles. The van der Waals surface area contributed by atoms with E-state index in [1.807, 2.05) is 0 Å². The number of aromatic nitrogens is 2. The fourth-order valence-corrected chi connectivity index (χ4v) is 2.57. The van der Waals surface area contributed by atoms with Crippen molar-refractivity contribution in [3.05, 3.63) is 83.1 Å². The number of hydrogen-bond acceptors (Lipinski definition) is 6. The van der Waals surface area contributed by atoms with E-state index in [4.69, 9.17) is 0 Å². The van der Waals surface area contributed by atoms with E-state index in [1.165, 1.54) is 25.3 Å². The molecule has 0 fully saturated rings. The molecule has 0 atom stereocenters. The molecule has 0 aliphatic carbocycles. The molecule has 7 nitrogen and oxygen atoms in total. The molecule has 0 spiro atoms. The molecule has 0 unspecified atom stereocenters. The van der Waals surface area contributed by atoms with E-state index >= 15 is 0 Å². The van der Waals surface area contributed by atoms with Crippen molar-refractivity contribution in [1.29, 1.82) is 0 Å². The van der Waals surface area contributed by atoms with Crippen LogP contribution >= 0.6 is 0 Å². The second kappa shape index (κ2) is 8.92. The number of anilines is 2. The number of hydrogen-bond donors (Lipinski definition) is 2. The molecule has 1 amide bonds. The zero-order chi connectivity index (χ0) is 20.8. The Kier molecular flexibility index (Phi) is 6.13. The number of nitrogens with zero attached hydrogens (tertiary/aromatic N) is 2. The van der Waals surface area contributed by atoms with E-state index in [-0.39, 0.29) is 11.5 Å². The average Bonchev–Trinajstić information content (AvgIpc) is 2.73. The molecular weight excluding hydrogens is 375 g/mol. The van der Waals surface area contributed by atoms with E-state index in [0.29, 0.717) is 29.4 Å². The Balaban J connectivity index is 1.68. The van der Waals surface area contributed by atoms with Gasteiger partial charge in [-0.05, 0) is 48.9 Å². The van der Waals surface area contributed by atoms with E-state index in [2.05, 4.69) is 25.3 Å². The fourth-order valence-electron chi connectivity index (χ4n) is 2.57. The number of amides is 1. The van der Waals surface area contributed by atoms with Gasteiger partial charge in [0.25, 0.3) is 5.91 Å². The van der Waals surface area contributed by atoms with Gasteiger partial charge in [0.05, 0.1) is 12.7 Å². The average molecular weight is 394 g/mol. The van der Waals surface area contributed by atoms with Gasteiger partial charge in [0.2, 0.25) is 0 Å². The van der Waals surface area contributed by atoms with Crippen LogP contribution in [-0.4, -0.2) is 29.0 Å². The van der Waals surface area contributed by atoms with Crippen LogP contribution in [0.4, 0.5) is 15.9 Å². The summed E-state index contributed by atoms with van der Waals surface area (Å²) in [5.41, 5.74) is 1.96. The summed E-state index contributed by atoms with van der Waals surface area (Å²) in [4.78, 5) is 32.5. The highest BCUT2D eigenvalue weighted by atomic mass is 19.1. The van der Waals surface area contributed by atoms with E-state index in [9.17, 15) is 14.0 Å². The number of methoxy groups -OCH3 is 1. The van der Waals surface area contributed by atoms with Crippen LogP contribution in [-0.2, 0) is 11.3 Å². The summed E-state index contributed by atoms with van der Waals surface area (Å²) < 4.78 is 17.6. The van der Waals surface area contributed by atoms with Gasteiger partial charge in [0.15, 0.2) is 0 Å². The normalized spacial score (nSPS) is 10.3. The number of carbonyl (C=O) groups is 2. The van der Waals surface area contributed by atoms with Crippen LogP contribution in [0.1, 0.15) is 32.2 Å². The molecule has 0 radical (unpaired) electrons. The number of aryl methyl sites for hydroxylation is 1. The number of carbonyl (C=O) groups excluding carboxylic acids is 2. The fraction of sp³-hybridized carbons (Fsp3) is 0.143. The molecule has 2 aromatic carbocycles. The van der Waals surface area contributed by atoms with Crippen molar-refractivity contribution in [3.8, 4) is 0 Å². The van der Waals surface area contributed by atoms with Crippen molar-refractivity contribution in [2.75, 3.05) is 17.7 Å². The van der Waals surface area contributed by atoms with Crippen LogP contribution in [0.3, 0.4) is 0 Å². The standard InChI is InChI=1S/C21H19FN4O3/c1-13-24-18(11-19(25-13)23-12-14-3-7-16(22)8-4-14)20(27)26-17-9-5-15(6-10-17)21(28)29-2/h3-11H,12H2,1-2H3,(H,26,27)(H,23,24,25). The van der Waals surface area contributed by atoms with Gasteiger partial charge in [-0.1, -0.05) is 12.1 Å². The largest absolute Gasteiger partial charge is 0.465 e. The smallest absolute Gasteiger partial charge is 0.337 e. The molecule has 0 bridgehead atoms. The van der Waals surface area contributed by atoms with Gasteiger partial charge in [0, 0.05) is 18.3 Å². The van der Waals surface area contributed by atoms with Crippen molar-refractivity contribution >= 4 is 23.4 Å². The molecule has 3 aromatic rings. The molecule has 3 rings (SSSR count). The first-order chi connectivity index (χ1) is 13.9. The van der Waals surface area contributed by atoms with Gasteiger partial charge in [-0.15, -0.1) is 0 Å². The first-order valence-electron chi connectivity index (χ1n) is 8.78.